The molecule has 0 aliphatic heterocycles. The van der Waals surface area contributed by atoms with Crippen molar-refractivity contribution in [1.82, 2.24) is 10.4 Å². The molecule has 0 fully saturated rings. The van der Waals surface area contributed by atoms with Crippen LogP contribution in [-0.2, 0) is 11.2 Å². The van der Waals surface area contributed by atoms with E-state index in [0.29, 0.717) is 5.75 Å². The van der Waals surface area contributed by atoms with E-state index in [0.717, 1.165) is 20.7 Å². The second-order valence-corrected chi connectivity index (χ2v) is 6.10. The Bertz CT molecular complexity index is 670. The normalized spacial score (nSPS) is 10.8. The predicted molar refractivity (Wildman–Crippen MR) is 87.0 cm³/mol. The molecule has 1 aromatic carbocycles. The molecule has 0 spiro atoms. The number of carbonyl (C=O) groups is 1. The average Bonchev–Trinajstić information content (AvgIpc) is 2.84. The average molecular weight is 368 g/mol. The van der Waals surface area contributed by atoms with Gasteiger partial charge in [-0.15, -0.1) is 11.3 Å². The summed E-state index contributed by atoms with van der Waals surface area (Å²) in [5, 5.41) is 6.64. The molecule has 0 aliphatic carbocycles. The van der Waals surface area contributed by atoms with Gasteiger partial charge in [-0.25, -0.2) is 10.4 Å². The number of aryl methyl sites for hydroxylation is 1. The van der Waals surface area contributed by atoms with Crippen LogP contribution >= 0.6 is 27.3 Å². The number of nitrogens with one attached hydrogen (secondary N) is 1. The zero-order chi connectivity index (χ0) is 15.2. The third-order valence-corrected chi connectivity index (χ3v) is 4.02. The van der Waals surface area contributed by atoms with Crippen LogP contribution in [0.4, 0.5) is 0 Å². The second-order valence-electron chi connectivity index (χ2n) is 4.24. The van der Waals surface area contributed by atoms with Gasteiger partial charge in [0.05, 0.1) is 19.7 Å². The van der Waals surface area contributed by atoms with Crippen molar-refractivity contribution < 1.29 is 9.53 Å². The minimum atomic E-state index is -0.199. The Morgan fingerprint density at radius 3 is 3.05 bits per heavy atom. The summed E-state index contributed by atoms with van der Waals surface area (Å²) in [6.07, 6.45) is 1.78. The van der Waals surface area contributed by atoms with Gasteiger partial charge >= 0.3 is 0 Å². The first-order chi connectivity index (χ1) is 10.1. The number of hydrazone groups is 1. The van der Waals surface area contributed by atoms with Gasteiger partial charge in [-0.05, 0) is 25.1 Å². The Morgan fingerprint density at radius 2 is 2.38 bits per heavy atom. The maximum Gasteiger partial charge on any atom is 0.246 e. The van der Waals surface area contributed by atoms with E-state index in [1.807, 2.05) is 30.5 Å². The second kappa shape index (κ2) is 7.33. The molecule has 0 saturated heterocycles. The van der Waals surface area contributed by atoms with Crippen molar-refractivity contribution in [3.8, 4) is 5.75 Å². The van der Waals surface area contributed by atoms with Gasteiger partial charge in [0.25, 0.3) is 0 Å². The molecule has 0 atom stereocenters. The number of thiazole rings is 1. The molecule has 1 amide bonds. The first kappa shape index (κ1) is 15.7. The molecule has 0 aliphatic rings. The van der Waals surface area contributed by atoms with E-state index in [9.17, 15) is 4.79 Å². The summed E-state index contributed by atoms with van der Waals surface area (Å²) in [7, 11) is 1.59. The molecule has 2 aromatic rings. The summed E-state index contributed by atoms with van der Waals surface area (Å²) in [6, 6.07) is 5.56. The van der Waals surface area contributed by atoms with Crippen molar-refractivity contribution in [3.05, 3.63) is 44.3 Å². The lowest BCUT2D eigenvalue weighted by atomic mass is 10.2. The summed E-state index contributed by atoms with van der Waals surface area (Å²) in [4.78, 5) is 16.0. The lowest BCUT2D eigenvalue weighted by molar-refractivity contribution is -0.120. The minimum absolute atomic E-state index is 0.199. The van der Waals surface area contributed by atoms with Gasteiger partial charge in [0, 0.05) is 21.1 Å². The van der Waals surface area contributed by atoms with Crippen molar-refractivity contribution in [3.63, 3.8) is 0 Å². The Balaban J connectivity index is 1.95. The van der Waals surface area contributed by atoms with Crippen LogP contribution in [0.1, 0.15) is 16.3 Å². The molecule has 0 bridgehead atoms. The molecular formula is C14H14BrN3O2S. The van der Waals surface area contributed by atoms with E-state index in [1.54, 1.807) is 13.3 Å². The summed E-state index contributed by atoms with van der Waals surface area (Å²) in [5.74, 6) is 0.487. The van der Waals surface area contributed by atoms with Crippen molar-refractivity contribution in [2.75, 3.05) is 7.11 Å². The van der Waals surface area contributed by atoms with E-state index in [1.165, 1.54) is 11.3 Å². The largest absolute Gasteiger partial charge is 0.496 e. The van der Waals surface area contributed by atoms with Crippen molar-refractivity contribution >= 4 is 39.4 Å². The Morgan fingerprint density at radius 1 is 1.57 bits per heavy atom. The van der Waals surface area contributed by atoms with Crippen LogP contribution in [0.2, 0.25) is 0 Å². The Hall–Kier alpha value is -1.73. The monoisotopic (exact) mass is 367 g/mol. The summed E-state index contributed by atoms with van der Waals surface area (Å²) in [6.45, 7) is 1.90. The maximum absolute atomic E-state index is 11.7. The van der Waals surface area contributed by atoms with Crippen molar-refractivity contribution in [1.29, 1.82) is 0 Å². The molecule has 0 unspecified atom stereocenters. The number of hydrogen-bond donors (Lipinski definition) is 1. The number of halogens is 1. The fourth-order valence-corrected chi connectivity index (χ4v) is 2.79. The van der Waals surface area contributed by atoms with Gasteiger partial charge in [0.2, 0.25) is 5.91 Å². The van der Waals surface area contributed by atoms with Crippen LogP contribution in [0, 0.1) is 6.92 Å². The third-order valence-electron chi connectivity index (χ3n) is 2.56. The number of nitrogens with zero attached hydrogens (tertiary/aromatic N) is 2. The van der Waals surface area contributed by atoms with Crippen molar-refractivity contribution in [2.24, 2.45) is 5.10 Å². The third kappa shape index (κ3) is 4.64. The lowest BCUT2D eigenvalue weighted by Crippen LogP contribution is -2.19. The van der Waals surface area contributed by atoms with Crippen LogP contribution in [0.5, 0.6) is 5.75 Å². The highest BCUT2D eigenvalue weighted by molar-refractivity contribution is 9.10. The highest BCUT2D eigenvalue weighted by Crippen LogP contribution is 2.21. The topological polar surface area (TPSA) is 63.6 Å². The lowest BCUT2D eigenvalue weighted by Gasteiger charge is -2.04. The molecule has 1 N–H and O–H groups in total. The first-order valence-electron chi connectivity index (χ1n) is 6.15. The molecule has 7 heteroatoms. The molecule has 1 heterocycles. The smallest absolute Gasteiger partial charge is 0.246 e. The number of aromatic nitrogens is 1. The van der Waals surface area contributed by atoms with Gasteiger partial charge in [0.1, 0.15) is 10.8 Å². The zero-order valence-corrected chi connectivity index (χ0v) is 14.0. The molecule has 1 aromatic heterocycles. The maximum atomic E-state index is 11.7. The van der Waals surface area contributed by atoms with E-state index in [-0.39, 0.29) is 12.3 Å². The number of carbonyl (C=O) groups excluding carboxylic acids is 1. The highest BCUT2D eigenvalue weighted by atomic mass is 79.9. The zero-order valence-electron chi connectivity index (χ0n) is 11.6. The molecule has 0 radical (unpaired) electrons. The van der Waals surface area contributed by atoms with Crippen LogP contribution < -0.4 is 10.2 Å². The fourth-order valence-electron chi connectivity index (χ4n) is 1.64. The molecule has 110 valence electrons. The van der Waals surface area contributed by atoms with Crippen LogP contribution in [-0.4, -0.2) is 24.2 Å². The minimum Gasteiger partial charge on any atom is -0.496 e. The Kier molecular flexibility index (Phi) is 5.46. The first-order valence-corrected chi connectivity index (χ1v) is 7.82. The summed E-state index contributed by atoms with van der Waals surface area (Å²) in [5.41, 5.74) is 4.18. The van der Waals surface area contributed by atoms with E-state index in [4.69, 9.17) is 4.74 Å². The number of rotatable bonds is 5. The van der Waals surface area contributed by atoms with Gasteiger partial charge in [0.15, 0.2) is 0 Å². The predicted octanol–water partition coefficient (Wildman–Crippen LogP) is 2.92. The fraction of sp³-hybridized carbons (Fsp3) is 0.214. The number of ether oxygens (including phenoxy) is 1. The van der Waals surface area contributed by atoms with Gasteiger partial charge in [-0.1, -0.05) is 15.9 Å². The summed E-state index contributed by atoms with van der Waals surface area (Å²) < 4.78 is 6.13. The Labute approximate surface area is 135 Å². The van der Waals surface area contributed by atoms with Crippen molar-refractivity contribution in [2.45, 2.75) is 13.3 Å². The van der Waals surface area contributed by atoms with Crippen LogP contribution in [0.15, 0.2) is 33.2 Å². The quantitative estimate of drug-likeness (QED) is 0.652. The molecule has 5 nitrogen and oxygen atoms in total. The number of methoxy groups -OCH3 is 1. The van der Waals surface area contributed by atoms with Gasteiger partial charge < -0.3 is 4.74 Å². The van der Waals surface area contributed by atoms with Gasteiger partial charge in [-0.3, -0.25) is 4.79 Å². The summed E-state index contributed by atoms with van der Waals surface area (Å²) >= 11 is 4.85. The van der Waals surface area contributed by atoms with Crippen LogP contribution in [0.25, 0.3) is 0 Å². The molecule has 21 heavy (non-hydrogen) atoms. The highest BCUT2D eigenvalue weighted by Gasteiger charge is 2.06. The van der Waals surface area contributed by atoms with Crippen LogP contribution in [0.3, 0.4) is 0 Å². The van der Waals surface area contributed by atoms with E-state index < -0.39 is 0 Å². The molecule has 0 saturated carbocycles. The molecular weight excluding hydrogens is 354 g/mol. The SMILES string of the molecule is COc1ccc(Br)cc1/C=N/NC(=O)Cc1nc(C)cs1. The number of hydrogen-bond acceptors (Lipinski definition) is 5. The van der Waals surface area contributed by atoms with E-state index in [2.05, 4.69) is 31.4 Å². The van der Waals surface area contributed by atoms with E-state index >= 15 is 0 Å². The van der Waals surface area contributed by atoms with Gasteiger partial charge in [-0.2, -0.15) is 5.10 Å². The number of benzene rings is 1. The molecule has 2 rings (SSSR count). The number of amides is 1. The standard InChI is InChI=1S/C14H14BrN3O2S/c1-9-8-21-14(17-9)6-13(19)18-16-7-10-5-11(15)3-4-12(10)20-2/h3-5,7-8H,6H2,1-2H3,(H,18,19)/b16-7+.